The van der Waals surface area contributed by atoms with Crippen LogP contribution in [0.15, 0.2) is 11.3 Å². The van der Waals surface area contributed by atoms with Crippen LogP contribution in [0, 0.1) is 34.0 Å². The highest BCUT2D eigenvalue weighted by Crippen LogP contribution is 2.26. The molecule has 0 radical (unpaired) electrons. The second kappa shape index (κ2) is 4.51. The first-order chi connectivity index (χ1) is 7.19. The largest absolute Gasteiger partial charge is 0.534 e. The number of hydrogen-bond acceptors (Lipinski definition) is 6. The van der Waals surface area contributed by atoms with Crippen molar-refractivity contribution in [3.05, 3.63) is 11.3 Å². The second-order valence-corrected chi connectivity index (χ2v) is 3.56. The number of hydrogen-bond donors (Lipinski definition) is 0. The molecule has 0 rings (SSSR count). The summed E-state index contributed by atoms with van der Waals surface area (Å²) < 4.78 is 59.5. The van der Waals surface area contributed by atoms with Gasteiger partial charge < -0.3 is 4.18 Å². The molecule has 0 heterocycles. The number of nitrogens with zero attached hydrogens (tertiary/aromatic N) is 3. The molecular formula is C6F3N3O3S. The maximum atomic E-state index is 11.8. The Morgan fingerprint density at radius 1 is 1.06 bits per heavy atom. The molecule has 0 saturated carbocycles. The minimum atomic E-state index is -6.06. The lowest BCUT2D eigenvalue weighted by Crippen LogP contribution is -2.25. The highest BCUT2D eigenvalue weighted by molar-refractivity contribution is 7.87. The van der Waals surface area contributed by atoms with Crippen LogP contribution < -0.4 is 0 Å². The fraction of sp³-hybridized carbons (Fsp3) is 0.167. The summed E-state index contributed by atoms with van der Waals surface area (Å²) in [5.41, 5.74) is -6.92. The molecule has 10 heteroatoms. The van der Waals surface area contributed by atoms with Crippen molar-refractivity contribution < 1.29 is 25.8 Å². The molecule has 0 aliphatic carbocycles. The Bertz CT molecular complexity index is 525. The summed E-state index contributed by atoms with van der Waals surface area (Å²) in [7, 11) is -6.06. The Morgan fingerprint density at radius 2 is 1.50 bits per heavy atom. The highest BCUT2D eigenvalue weighted by Gasteiger charge is 2.49. The molecule has 16 heavy (non-hydrogen) atoms. The van der Waals surface area contributed by atoms with E-state index < -0.39 is 27.0 Å². The molecule has 0 unspecified atom stereocenters. The molecule has 0 bridgehead atoms. The summed E-state index contributed by atoms with van der Waals surface area (Å²) in [5, 5.41) is 24.6. The first-order valence-corrected chi connectivity index (χ1v) is 4.55. The molecule has 0 N–H and O–H groups in total. The van der Waals surface area contributed by atoms with Crippen LogP contribution in [0.3, 0.4) is 0 Å². The number of rotatable bonds is 2. The van der Waals surface area contributed by atoms with E-state index in [1.54, 1.807) is 0 Å². The molecule has 0 aromatic rings. The summed E-state index contributed by atoms with van der Waals surface area (Å²) in [4.78, 5) is 0. The predicted octanol–water partition coefficient (Wildman–Crippen LogP) is 0.677. The van der Waals surface area contributed by atoms with Crippen LogP contribution in [0.25, 0.3) is 0 Å². The van der Waals surface area contributed by atoms with Crippen molar-refractivity contribution in [3.63, 3.8) is 0 Å². The Balaban J connectivity index is 5.50. The SMILES string of the molecule is N#CC(C#N)=C(C#N)OS(=O)(=O)C(F)(F)F. The molecule has 0 aromatic carbocycles. The van der Waals surface area contributed by atoms with Crippen LogP contribution in [0.4, 0.5) is 13.2 Å². The fourth-order valence-corrected chi connectivity index (χ4v) is 0.834. The molecule has 0 spiro atoms. The number of halogens is 3. The molecule has 0 atom stereocenters. The van der Waals surface area contributed by atoms with E-state index in [4.69, 9.17) is 15.8 Å². The summed E-state index contributed by atoms with van der Waals surface area (Å²) in [6, 6.07) is 2.90. The zero-order chi connectivity index (χ0) is 13.0. The van der Waals surface area contributed by atoms with Crippen LogP contribution in [-0.4, -0.2) is 13.9 Å². The molecule has 0 aromatic heterocycles. The van der Waals surface area contributed by atoms with Gasteiger partial charge in [-0.3, -0.25) is 0 Å². The van der Waals surface area contributed by atoms with Gasteiger partial charge in [0.25, 0.3) is 0 Å². The standard InChI is InChI=1S/C6F3N3O3S/c7-6(8,9)16(13,14)15-5(3-12)4(1-10)2-11. The van der Waals surface area contributed by atoms with Crippen LogP contribution in [-0.2, 0) is 14.3 Å². The van der Waals surface area contributed by atoms with E-state index in [0.717, 1.165) is 18.2 Å². The lowest BCUT2D eigenvalue weighted by atomic mass is 10.3. The minimum Gasteiger partial charge on any atom is -0.362 e. The van der Waals surface area contributed by atoms with Crippen LogP contribution in [0.2, 0.25) is 0 Å². The lowest BCUT2D eigenvalue weighted by Gasteiger charge is -2.07. The van der Waals surface area contributed by atoms with Gasteiger partial charge in [-0.15, -0.1) is 0 Å². The van der Waals surface area contributed by atoms with Crippen molar-refractivity contribution in [1.82, 2.24) is 0 Å². The molecule has 0 aliphatic rings. The van der Waals surface area contributed by atoms with Crippen LogP contribution >= 0.6 is 0 Å². The Kier molecular flexibility index (Phi) is 3.88. The van der Waals surface area contributed by atoms with Gasteiger partial charge in [0.05, 0.1) is 0 Å². The van der Waals surface area contributed by atoms with E-state index in [9.17, 15) is 21.6 Å². The van der Waals surface area contributed by atoms with Crippen molar-refractivity contribution in [2.24, 2.45) is 0 Å². The van der Waals surface area contributed by atoms with Gasteiger partial charge in [0.1, 0.15) is 18.2 Å². The topological polar surface area (TPSA) is 115 Å². The maximum absolute atomic E-state index is 11.8. The molecule has 0 aliphatic heterocycles. The fourth-order valence-electron chi connectivity index (χ4n) is 0.400. The normalized spacial score (nSPS) is 10.5. The quantitative estimate of drug-likeness (QED) is 0.308. The third-order valence-corrected chi connectivity index (χ3v) is 1.98. The minimum absolute atomic E-state index is 0.865. The van der Waals surface area contributed by atoms with Crippen molar-refractivity contribution in [2.75, 3.05) is 0 Å². The third-order valence-electron chi connectivity index (χ3n) is 1.03. The highest BCUT2D eigenvalue weighted by atomic mass is 32.2. The Morgan fingerprint density at radius 3 is 1.75 bits per heavy atom. The van der Waals surface area contributed by atoms with Crippen molar-refractivity contribution >= 4 is 10.1 Å². The van der Waals surface area contributed by atoms with Crippen molar-refractivity contribution in [3.8, 4) is 18.2 Å². The zero-order valence-electron chi connectivity index (χ0n) is 7.11. The molecule has 0 saturated heterocycles. The third kappa shape index (κ3) is 2.87. The smallest absolute Gasteiger partial charge is 0.362 e. The summed E-state index contributed by atoms with van der Waals surface area (Å²) in [5.74, 6) is -1.53. The average molecular weight is 251 g/mol. The monoisotopic (exact) mass is 251 g/mol. The second-order valence-electron chi connectivity index (χ2n) is 2.02. The predicted molar refractivity (Wildman–Crippen MR) is 39.9 cm³/mol. The molecule has 84 valence electrons. The zero-order valence-corrected chi connectivity index (χ0v) is 7.93. The van der Waals surface area contributed by atoms with Gasteiger partial charge in [-0.1, -0.05) is 0 Å². The van der Waals surface area contributed by atoms with Gasteiger partial charge >= 0.3 is 15.6 Å². The maximum Gasteiger partial charge on any atom is 0.534 e. The molecule has 0 amide bonds. The van der Waals surface area contributed by atoms with Gasteiger partial charge in [0.2, 0.25) is 5.76 Å². The average Bonchev–Trinajstić information content (AvgIpc) is 2.16. The summed E-state index contributed by atoms with van der Waals surface area (Å²) in [6.07, 6.45) is 0. The van der Waals surface area contributed by atoms with Gasteiger partial charge in [0.15, 0.2) is 5.57 Å². The van der Waals surface area contributed by atoms with Gasteiger partial charge in [-0.25, -0.2) is 0 Å². The molecular weight excluding hydrogens is 251 g/mol. The van der Waals surface area contributed by atoms with Gasteiger partial charge in [-0.2, -0.15) is 37.4 Å². The van der Waals surface area contributed by atoms with E-state index in [1.807, 2.05) is 0 Å². The number of nitriles is 3. The Hall–Kier alpha value is -2.25. The molecule has 0 fully saturated rings. The van der Waals surface area contributed by atoms with E-state index >= 15 is 0 Å². The first kappa shape index (κ1) is 13.8. The Labute approximate surface area is 87.5 Å². The first-order valence-electron chi connectivity index (χ1n) is 3.15. The van der Waals surface area contributed by atoms with Crippen molar-refractivity contribution in [1.29, 1.82) is 15.8 Å². The van der Waals surface area contributed by atoms with Gasteiger partial charge in [-0.05, 0) is 0 Å². The summed E-state index contributed by atoms with van der Waals surface area (Å²) in [6.45, 7) is 0. The molecule has 6 nitrogen and oxygen atoms in total. The lowest BCUT2D eigenvalue weighted by molar-refractivity contribution is -0.0519. The van der Waals surface area contributed by atoms with E-state index in [1.165, 1.54) is 0 Å². The van der Waals surface area contributed by atoms with Crippen LogP contribution in [0.5, 0.6) is 0 Å². The van der Waals surface area contributed by atoms with Crippen molar-refractivity contribution in [2.45, 2.75) is 5.51 Å². The number of allylic oxidation sites excluding steroid dienone is 2. The van der Waals surface area contributed by atoms with Gasteiger partial charge in [0, 0.05) is 0 Å². The van der Waals surface area contributed by atoms with E-state index in [2.05, 4.69) is 4.18 Å². The van der Waals surface area contributed by atoms with E-state index in [-0.39, 0.29) is 0 Å². The van der Waals surface area contributed by atoms with E-state index in [0.29, 0.717) is 0 Å². The summed E-state index contributed by atoms with van der Waals surface area (Å²) >= 11 is 0. The van der Waals surface area contributed by atoms with Crippen LogP contribution in [0.1, 0.15) is 0 Å². The number of alkyl halides is 3.